The van der Waals surface area contributed by atoms with Crippen LogP contribution in [-0.4, -0.2) is 22.2 Å². The Morgan fingerprint density at radius 3 is 2.67 bits per heavy atom. The van der Waals surface area contributed by atoms with Crippen molar-refractivity contribution in [1.29, 1.82) is 0 Å². The van der Waals surface area contributed by atoms with Gasteiger partial charge in [0, 0.05) is 0 Å². The van der Waals surface area contributed by atoms with Gasteiger partial charge in [-0.05, 0) is 62.6 Å². The van der Waals surface area contributed by atoms with E-state index in [2.05, 4.69) is 10.2 Å². The van der Waals surface area contributed by atoms with Crippen molar-refractivity contribution in [3.05, 3.63) is 80.1 Å². The molecule has 0 fully saturated rings. The summed E-state index contributed by atoms with van der Waals surface area (Å²) in [4.78, 5) is 28.8. The maximum Gasteiger partial charge on any atom is 0.297 e. The number of benzene rings is 2. The minimum absolute atomic E-state index is 0.0128. The molecule has 0 N–H and O–H groups in total. The van der Waals surface area contributed by atoms with Crippen molar-refractivity contribution < 1.29 is 13.9 Å². The molecule has 7 nitrogen and oxygen atoms in total. The second kappa shape index (κ2) is 8.12. The Bertz CT molecular complexity index is 1440. The van der Waals surface area contributed by atoms with Gasteiger partial charge < -0.3 is 9.15 Å². The van der Waals surface area contributed by atoms with Gasteiger partial charge in [-0.15, -0.1) is 10.2 Å². The van der Waals surface area contributed by atoms with Gasteiger partial charge in [-0.2, -0.15) is 0 Å². The van der Waals surface area contributed by atoms with E-state index in [9.17, 15) is 9.59 Å². The third-order valence-electron chi connectivity index (χ3n) is 5.61. The molecule has 0 saturated carbocycles. The Hall–Kier alpha value is -3.52. The molecule has 3 heterocycles. The van der Waals surface area contributed by atoms with Crippen LogP contribution < -0.4 is 15.1 Å². The van der Waals surface area contributed by atoms with Gasteiger partial charge in [-0.25, -0.2) is 0 Å². The van der Waals surface area contributed by atoms with Crippen LogP contribution in [0.1, 0.15) is 59.1 Å². The van der Waals surface area contributed by atoms with E-state index in [0.29, 0.717) is 27.4 Å². The Labute approximate surface area is 194 Å². The number of ether oxygens (including phenoxy) is 1. The minimum atomic E-state index is -0.693. The van der Waals surface area contributed by atoms with Crippen LogP contribution >= 0.6 is 11.3 Å². The summed E-state index contributed by atoms with van der Waals surface area (Å²) in [6, 6.07) is 12.3. The monoisotopic (exact) mass is 461 g/mol. The molecule has 4 aromatic rings. The van der Waals surface area contributed by atoms with Gasteiger partial charge in [0.15, 0.2) is 5.43 Å². The summed E-state index contributed by atoms with van der Waals surface area (Å²) in [5, 5.41) is 9.90. The van der Waals surface area contributed by atoms with Crippen molar-refractivity contribution in [2.45, 2.75) is 46.3 Å². The molecule has 0 bridgehead atoms. The summed E-state index contributed by atoms with van der Waals surface area (Å²) in [7, 11) is 0. The molecule has 8 heteroatoms. The van der Waals surface area contributed by atoms with Crippen LogP contribution in [0, 0.1) is 6.92 Å². The average Bonchev–Trinajstić information content (AvgIpc) is 3.34. The first-order valence-corrected chi connectivity index (χ1v) is 11.7. The van der Waals surface area contributed by atoms with Crippen molar-refractivity contribution in [3.63, 3.8) is 0 Å². The lowest BCUT2D eigenvalue weighted by molar-refractivity contribution is 0.0970. The fraction of sp³-hybridized carbons (Fsp3) is 0.280. The molecule has 1 aliphatic rings. The molecular weight excluding hydrogens is 438 g/mol. The third-order valence-corrected chi connectivity index (χ3v) is 6.45. The van der Waals surface area contributed by atoms with Crippen LogP contribution in [0.15, 0.2) is 51.7 Å². The molecule has 168 valence electrons. The van der Waals surface area contributed by atoms with Crippen molar-refractivity contribution >= 4 is 33.3 Å². The summed E-state index contributed by atoms with van der Waals surface area (Å²) < 4.78 is 11.9. The first kappa shape index (κ1) is 21.3. The zero-order valence-electron chi connectivity index (χ0n) is 18.8. The molecular formula is C25H23N3O4S. The van der Waals surface area contributed by atoms with E-state index in [1.54, 1.807) is 6.07 Å². The molecule has 1 atom stereocenters. The number of anilines is 1. The van der Waals surface area contributed by atoms with Crippen LogP contribution in [0.2, 0.25) is 0 Å². The molecule has 0 radical (unpaired) electrons. The first-order chi connectivity index (χ1) is 15.9. The van der Waals surface area contributed by atoms with E-state index in [1.807, 2.05) is 64.1 Å². The minimum Gasteiger partial charge on any atom is -0.491 e. The molecule has 1 unspecified atom stereocenters. The second-order valence-electron chi connectivity index (χ2n) is 8.28. The summed E-state index contributed by atoms with van der Waals surface area (Å²) in [6.45, 7) is 7.75. The number of nitrogens with zero attached hydrogens (tertiary/aromatic N) is 3. The van der Waals surface area contributed by atoms with E-state index >= 15 is 0 Å². The third kappa shape index (κ3) is 3.60. The second-order valence-corrected chi connectivity index (χ2v) is 9.44. The molecule has 0 aliphatic carbocycles. The summed E-state index contributed by atoms with van der Waals surface area (Å²) in [6.07, 6.45) is 0.778. The fourth-order valence-electron chi connectivity index (χ4n) is 4.17. The SMILES string of the molecule is CCc1ccc2oc3c(c(=O)c2c1)C(c1cccc(OC(C)C)c1)N(c1nnc(C)s1)C3=O. The van der Waals surface area contributed by atoms with Crippen LogP contribution in [0.5, 0.6) is 5.75 Å². The molecule has 1 aliphatic heterocycles. The lowest BCUT2D eigenvalue weighted by Crippen LogP contribution is -2.29. The number of fused-ring (bicyclic) bond motifs is 2. The maximum atomic E-state index is 13.8. The van der Waals surface area contributed by atoms with E-state index in [1.165, 1.54) is 16.2 Å². The Morgan fingerprint density at radius 1 is 1.15 bits per heavy atom. The maximum absolute atomic E-state index is 13.8. The Morgan fingerprint density at radius 2 is 1.97 bits per heavy atom. The van der Waals surface area contributed by atoms with E-state index < -0.39 is 11.9 Å². The Balaban J connectivity index is 1.77. The van der Waals surface area contributed by atoms with E-state index in [4.69, 9.17) is 9.15 Å². The lowest BCUT2D eigenvalue weighted by atomic mass is 9.98. The number of rotatable bonds is 5. The summed E-state index contributed by atoms with van der Waals surface area (Å²) in [5.41, 5.74) is 2.27. The predicted octanol–water partition coefficient (Wildman–Crippen LogP) is 5.05. The number of amides is 1. The lowest BCUT2D eigenvalue weighted by Gasteiger charge is -2.22. The molecule has 33 heavy (non-hydrogen) atoms. The normalized spacial score (nSPS) is 15.5. The van der Waals surface area contributed by atoms with Crippen LogP contribution in [-0.2, 0) is 6.42 Å². The standard InChI is InChI=1S/C25H23N3O4S/c1-5-15-9-10-19-18(11-15)22(29)20-21(16-7-6-8-17(12-16)31-13(2)3)28(24(30)23(20)32-19)25-27-26-14(4)33-25/h6-13,21H,5H2,1-4H3. The number of aryl methyl sites for hydroxylation is 2. The molecule has 2 aromatic heterocycles. The number of hydrogen-bond donors (Lipinski definition) is 0. The fourth-order valence-corrected chi connectivity index (χ4v) is 4.88. The van der Waals surface area contributed by atoms with Gasteiger partial charge in [0.25, 0.3) is 5.91 Å². The van der Waals surface area contributed by atoms with Crippen molar-refractivity contribution in [3.8, 4) is 5.75 Å². The highest BCUT2D eigenvalue weighted by Gasteiger charge is 2.45. The van der Waals surface area contributed by atoms with Gasteiger partial charge in [0.2, 0.25) is 10.9 Å². The molecule has 0 spiro atoms. The van der Waals surface area contributed by atoms with E-state index in [0.717, 1.165) is 22.6 Å². The largest absolute Gasteiger partial charge is 0.491 e. The highest BCUT2D eigenvalue weighted by Crippen LogP contribution is 2.42. The van der Waals surface area contributed by atoms with Crippen molar-refractivity contribution in [2.24, 2.45) is 0 Å². The van der Waals surface area contributed by atoms with E-state index in [-0.39, 0.29) is 17.3 Å². The van der Waals surface area contributed by atoms with Gasteiger partial charge in [0.1, 0.15) is 16.3 Å². The van der Waals surface area contributed by atoms with Crippen LogP contribution in [0.4, 0.5) is 5.13 Å². The number of aromatic nitrogens is 2. The quantitative estimate of drug-likeness (QED) is 0.413. The highest BCUT2D eigenvalue weighted by molar-refractivity contribution is 7.15. The number of carbonyl (C=O) groups is 1. The molecule has 1 amide bonds. The number of carbonyl (C=O) groups excluding carboxylic acids is 1. The topological polar surface area (TPSA) is 85.5 Å². The van der Waals surface area contributed by atoms with Crippen LogP contribution in [0.3, 0.4) is 0 Å². The summed E-state index contributed by atoms with van der Waals surface area (Å²) in [5.74, 6) is 0.305. The van der Waals surface area contributed by atoms with Gasteiger partial charge in [0.05, 0.1) is 23.1 Å². The van der Waals surface area contributed by atoms with Crippen LogP contribution in [0.25, 0.3) is 11.0 Å². The predicted molar refractivity (Wildman–Crippen MR) is 127 cm³/mol. The molecule has 5 rings (SSSR count). The molecule has 2 aromatic carbocycles. The highest BCUT2D eigenvalue weighted by atomic mass is 32.1. The average molecular weight is 462 g/mol. The number of hydrogen-bond acceptors (Lipinski definition) is 7. The van der Waals surface area contributed by atoms with Crippen molar-refractivity contribution in [1.82, 2.24) is 10.2 Å². The zero-order valence-corrected chi connectivity index (χ0v) is 19.6. The Kier molecular flexibility index (Phi) is 5.25. The van der Waals surface area contributed by atoms with Gasteiger partial charge in [-0.1, -0.05) is 36.5 Å². The van der Waals surface area contributed by atoms with Gasteiger partial charge in [-0.3, -0.25) is 14.5 Å². The smallest absolute Gasteiger partial charge is 0.297 e. The molecule has 0 saturated heterocycles. The van der Waals surface area contributed by atoms with Gasteiger partial charge >= 0.3 is 0 Å². The first-order valence-electron chi connectivity index (χ1n) is 10.9. The van der Waals surface area contributed by atoms with Crippen molar-refractivity contribution in [2.75, 3.05) is 4.90 Å². The zero-order chi connectivity index (χ0) is 23.3. The summed E-state index contributed by atoms with van der Waals surface area (Å²) >= 11 is 1.30.